The van der Waals surface area contributed by atoms with Gasteiger partial charge in [0.1, 0.15) is 12.2 Å². The quantitative estimate of drug-likeness (QED) is 0.270. The smallest absolute Gasteiger partial charge is 0.262 e. The Morgan fingerprint density at radius 2 is 1.80 bits per heavy atom. The van der Waals surface area contributed by atoms with Crippen molar-refractivity contribution < 1.29 is 8.98 Å². The van der Waals surface area contributed by atoms with Crippen molar-refractivity contribution >= 4 is 35.6 Å². The van der Waals surface area contributed by atoms with Crippen molar-refractivity contribution in [3.8, 4) is 5.75 Å². The van der Waals surface area contributed by atoms with Crippen LogP contribution in [-0.2, 0) is 12.2 Å². The number of hydrogen-bond acceptors (Lipinski definition) is 5. The molecule has 4 rings (SSSR count). The zero-order valence-electron chi connectivity index (χ0n) is 17.1. The first-order chi connectivity index (χ1) is 14.6. The lowest BCUT2D eigenvalue weighted by Gasteiger charge is -2.19. The van der Waals surface area contributed by atoms with Gasteiger partial charge in [-0.25, -0.2) is 4.31 Å². The number of thioether (sulfide) groups is 1. The maximum atomic E-state index is 13.3. The van der Waals surface area contributed by atoms with Gasteiger partial charge in [0.05, 0.1) is 5.56 Å². The Morgan fingerprint density at radius 1 is 1.03 bits per heavy atom. The van der Waals surface area contributed by atoms with E-state index in [0.717, 1.165) is 17.9 Å². The second-order valence-corrected chi connectivity index (χ2v) is 9.33. The van der Waals surface area contributed by atoms with Gasteiger partial charge in [0.2, 0.25) is 0 Å². The van der Waals surface area contributed by atoms with Gasteiger partial charge in [-0.1, -0.05) is 42.5 Å². The topological polar surface area (TPSA) is 32.8 Å². The fourth-order valence-corrected chi connectivity index (χ4v) is 4.69. The van der Waals surface area contributed by atoms with Gasteiger partial charge < -0.3 is 9.08 Å². The number of anilines is 1. The Kier molecular flexibility index (Phi) is 6.67. The summed E-state index contributed by atoms with van der Waals surface area (Å²) in [6, 6.07) is 24.3. The van der Waals surface area contributed by atoms with E-state index in [1.165, 1.54) is 28.3 Å². The highest BCUT2D eigenvalue weighted by Crippen LogP contribution is 2.35. The van der Waals surface area contributed by atoms with E-state index < -0.39 is 0 Å². The van der Waals surface area contributed by atoms with Crippen LogP contribution < -0.4 is 9.08 Å². The Labute approximate surface area is 186 Å². The number of carbonyl (C=O) groups excluding carboxylic acids is 1. The number of benzene rings is 3. The molecule has 1 aliphatic rings. The molecule has 4 nitrogen and oxygen atoms in total. The summed E-state index contributed by atoms with van der Waals surface area (Å²) in [5.41, 5.74) is 4.12. The zero-order chi connectivity index (χ0) is 20.9. The third kappa shape index (κ3) is 4.83. The molecule has 3 aromatic rings. The molecule has 0 bridgehead atoms. The lowest BCUT2D eigenvalue weighted by Crippen LogP contribution is -2.29. The first kappa shape index (κ1) is 20.8. The maximum absolute atomic E-state index is 13.3. The van der Waals surface area contributed by atoms with E-state index in [2.05, 4.69) is 42.5 Å². The molecule has 0 unspecified atom stereocenters. The van der Waals surface area contributed by atoms with E-state index >= 15 is 0 Å². The van der Waals surface area contributed by atoms with Gasteiger partial charge in [0.25, 0.3) is 5.91 Å². The number of rotatable bonds is 7. The summed E-state index contributed by atoms with van der Waals surface area (Å²) in [6.07, 6.45) is 0.871. The summed E-state index contributed by atoms with van der Waals surface area (Å²) in [5.74, 6) is 1.51. The molecule has 1 aliphatic heterocycles. The number of carbonyl (C=O) groups is 1. The van der Waals surface area contributed by atoms with E-state index in [4.69, 9.17) is 4.18 Å². The molecule has 0 radical (unpaired) electrons. The Balaban J connectivity index is 1.49. The maximum Gasteiger partial charge on any atom is 0.262 e. The van der Waals surface area contributed by atoms with Crippen molar-refractivity contribution in [3.63, 3.8) is 0 Å². The Bertz CT molecular complexity index is 1020. The molecule has 1 amide bonds. The average molecular weight is 437 g/mol. The lowest BCUT2D eigenvalue weighted by molar-refractivity contribution is 0.0988. The number of fused-ring (bicyclic) bond motifs is 1. The average Bonchev–Trinajstić information content (AvgIpc) is 3.20. The van der Waals surface area contributed by atoms with E-state index in [-0.39, 0.29) is 5.91 Å². The van der Waals surface area contributed by atoms with Crippen LogP contribution in [0.15, 0.2) is 77.7 Å². The molecule has 0 atom stereocenters. The van der Waals surface area contributed by atoms with Crippen molar-refractivity contribution in [2.24, 2.45) is 0 Å². The molecule has 6 heteroatoms. The van der Waals surface area contributed by atoms with Crippen LogP contribution in [0.25, 0.3) is 0 Å². The summed E-state index contributed by atoms with van der Waals surface area (Å²) in [6.45, 7) is 0.691. The highest BCUT2D eigenvalue weighted by molar-refractivity contribution is 7.98. The van der Waals surface area contributed by atoms with Crippen LogP contribution in [0.2, 0.25) is 0 Å². The monoisotopic (exact) mass is 436 g/mol. The number of nitrogens with zero attached hydrogens (tertiary/aromatic N) is 2. The third-order valence-corrected chi connectivity index (χ3v) is 6.45. The highest BCUT2D eigenvalue weighted by atomic mass is 32.2. The van der Waals surface area contributed by atoms with Gasteiger partial charge in [0.15, 0.2) is 5.75 Å². The van der Waals surface area contributed by atoms with Crippen LogP contribution in [-0.4, -0.2) is 30.9 Å². The van der Waals surface area contributed by atoms with Gasteiger partial charge in [-0.05, 0) is 47.9 Å². The molecule has 0 aliphatic carbocycles. The molecule has 0 N–H and O–H groups in total. The van der Waals surface area contributed by atoms with Crippen LogP contribution >= 0.6 is 24.0 Å². The minimum Gasteiger partial charge on any atom is -0.409 e. The molecule has 0 aromatic heterocycles. The second-order valence-electron chi connectivity index (χ2n) is 7.24. The largest absolute Gasteiger partial charge is 0.409 e. The van der Waals surface area contributed by atoms with Crippen molar-refractivity contribution in [1.29, 1.82) is 0 Å². The summed E-state index contributed by atoms with van der Waals surface area (Å²) in [7, 11) is 3.80. The van der Waals surface area contributed by atoms with Gasteiger partial charge in [-0.3, -0.25) is 4.79 Å². The summed E-state index contributed by atoms with van der Waals surface area (Å²) >= 11 is 3.04. The Morgan fingerprint density at radius 3 is 2.60 bits per heavy atom. The molecule has 0 saturated carbocycles. The third-order valence-electron chi connectivity index (χ3n) is 4.83. The number of amides is 1. The number of para-hydroxylation sites is 1. The molecular formula is C24H24N2O2S2. The summed E-state index contributed by atoms with van der Waals surface area (Å²) in [4.78, 5) is 16.4. The van der Waals surface area contributed by atoms with E-state index in [0.29, 0.717) is 17.9 Å². The van der Waals surface area contributed by atoms with Crippen molar-refractivity contribution in [2.75, 3.05) is 25.5 Å². The van der Waals surface area contributed by atoms with Gasteiger partial charge in [-0.2, -0.15) is 0 Å². The van der Waals surface area contributed by atoms with Crippen LogP contribution in [0.3, 0.4) is 0 Å². The van der Waals surface area contributed by atoms with Gasteiger partial charge in [0, 0.05) is 37.0 Å². The van der Waals surface area contributed by atoms with Gasteiger partial charge in [-0.15, -0.1) is 11.8 Å². The Hall–Kier alpha value is -2.41. The fourth-order valence-electron chi connectivity index (χ4n) is 3.40. The standard InChI is InChI=1S/C24H24N2O2S2/c1-25(2)30-28-23-11-7-6-10-21(23)24(27)26-15-14-19-16-20(12-13-22(19)26)29-17-18-8-4-3-5-9-18/h3-13,16H,14-15,17H2,1-2H3. The van der Waals surface area contributed by atoms with E-state index in [9.17, 15) is 4.79 Å². The molecule has 0 spiro atoms. The first-order valence-electron chi connectivity index (χ1n) is 9.84. The fraction of sp³-hybridized carbons (Fsp3) is 0.208. The normalized spacial score (nSPS) is 12.8. The minimum absolute atomic E-state index is 0.0200. The summed E-state index contributed by atoms with van der Waals surface area (Å²) in [5, 5.41) is 0. The SMILES string of the molecule is CN(C)SOc1ccccc1C(=O)N1CCc2cc(SCc3ccccc3)ccc21. The molecular weight excluding hydrogens is 412 g/mol. The van der Waals surface area contributed by atoms with Gasteiger partial charge >= 0.3 is 0 Å². The second kappa shape index (κ2) is 9.60. The minimum atomic E-state index is -0.0200. The molecule has 154 valence electrons. The van der Waals surface area contributed by atoms with Crippen LogP contribution in [0.1, 0.15) is 21.5 Å². The molecule has 0 saturated heterocycles. The van der Waals surface area contributed by atoms with E-state index in [1.54, 1.807) is 0 Å². The number of hydrogen-bond donors (Lipinski definition) is 0. The lowest BCUT2D eigenvalue weighted by atomic mass is 10.1. The predicted octanol–water partition coefficient (Wildman–Crippen LogP) is 5.69. The van der Waals surface area contributed by atoms with Crippen LogP contribution in [0.5, 0.6) is 5.75 Å². The van der Waals surface area contributed by atoms with Crippen molar-refractivity contribution in [1.82, 2.24) is 4.31 Å². The summed E-state index contributed by atoms with van der Waals surface area (Å²) < 4.78 is 7.60. The molecule has 30 heavy (non-hydrogen) atoms. The zero-order valence-corrected chi connectivity index (χ0v) is 18.7. The van der Waals surface area contributed by atoms with Crippen molar-refractivity contribution in [3.05, 3.63) is 89.5 Å². The highest BCUT2D eigenvalue weighted by Gasteiger charge is 2.27. The van der Waals surface area contributed by atoms with Crippen molar-refractivity contribution in [2.45, 2.75) is 17.1 Å². The molecule has 3 aromatic carbocycles. The predicted molar refractivity (Wildman–Crippen MR) is 126 cm³/mol. The molecule has 0 fully saturated rings. The van der Waals surface area contributed by atoms with Crippen LogP contribution in [0, 0.1) is 0 Å². The van der Waals surface area contributed by atoms with E-state index in [1.807, 2.05) is 65.4 Å². The van der Waals surface area contributed by atoms with Crippen LogP contribution in [0.4, 0.5) is 5.69 Å². The molecule has 1 heterocycles. The first-order valence-corrected chi connectivity index (χ1v) is 11.5.